The van der Waals surface area contributed by atoms with Gasteiger partial charge in [0.2, 0.25) is 17.7 Å². The maximum atomic E-state index is 13.1. The number of aliphatic carboxylic acids is 1. The Hall–Kier alpha value is -3.48. The van der Waals surface area contributed by atoms with Crippen LogP contribution in [0.4, 0.5) is 0 Å². The first kappa shape index (κ1) is 76.9. The van der Waals surface area contributed by atoms with Crippen LogP contribution in [0.5, 0.6) is 0 Å². The summed E-state index contributed by atoms with van der Waals surface area (Å²) in [4.78, 5) is 50.4. The van der Waals surface area contributed by atoms with E-state index in [1.807, 2.05) is 0 Å². The molecule has 0 bridgehead atoms. The van der Waals surface area contributed by atoms with Crippen molar-refractivity contribution in [1.29, 1.82) is 0 Å². The molecule has 7 heterocycles. The maximum absolute atomic E-state index is 13.1. The van der Waals surface area contributed by atoms with E-state index in [-0.39, 0.29) is 0 Å². The highest BCUT2D eigenvalue weighted by Crippen LogP contribution is 2.40. The van der Waals surface area contributed by atoms with Crippen LogP contribution in [0.3, 0.4) is 0 Å². The van der Waals surface area contributed by atoms with E-state index >= 15 is 0 Å². The first-order chi connectivity index (χ1) is 43.8. The Morgan fingerprint density at radius 2 is 0.839 bits per heavy atom. The normalized spacial score (nSPS) is 47.2. The van der Waals surface area contributed by atoms with Gasteiger partial charge in [-0.25, -0.2) is 4.79 Å². The maximum Gasteiger partial charge on any atom is 0.364 e. The van der Waals surface area contributed by atoms with Crippen molar-refractivity contribution in [3.05, 3.63) is 0 Å². The van der Waals surface area contributed by atoms with Crippen LogP contribution >= 0.6 is 0 Å². The molecule has 0 spiro atoms. The van der Waals surface area contributed by atoms with E-state index in [0.717, 1.165) is 20.8 Å². The average Bonchev–Trinajstić information content (AvgIpc) is 0.761. The van der Waals surface area contributed by atoms with Crippen molar-refractivity contribution >= 4 is 23.7 Å². The molecule has 0 aromatic carbocycles. The highest BCUT2D eigenvalue weighted by molar-refractivity contribution is 5.77. The molecule has 25 N–H and O–H groups in total. The van der Waals surface area contributed by atoms with Gasteiger partial charge in [0, 0.05) is 27.2 Å². The van der Waals surface area contributed by atoms with E-state index in [2.05, 4.69) is 16.0 Å². The predicted octanol–water partition coefficient (Wildman–Crippen LogP) is -16.6. The summed E-state index contributed by atoms with van der Waals surface area (Å²) < 4.78 is 74.2. The Labute approximate surface area is 525 Å². The average molecular weight is 1360 g/mol. The summed E-state index contributed by atoms with van der Waals surface area (Å²) in [5, 5.41) is 246. The second-order valence-corrected chi connectivity index (χ2v) is 23.2. The Balaban J connectivity index is 1.08. The molecule has 0 aromatic rings. The number of ether oxygens (including phenoxy) is 13. The van der Waals surface area contributed by atoms with Gasteiger partial charge in [-0.3, -0.25) is 14.4 Å². The molecule has 0 aromatic heterocycles. The van der Waals surface area contributed by atoms with Crippen LogP contribution < -0.4 is 16.0 Å². The summed E-state index contributed by atoms with van der Waals surface area (Å²) in [5.41, 5.74) is 0. The second-order valence-electron chi connectivity index (χ2n) is 23.2. The molecule has 7 rings (SSSR count). The minimum absolute atomic E-state index is 0.841. The van der Waals surface area contributed by atoms with Gasteiger partial charge >= 0.3 is 5.97 Å². The van der Waals surface area contributed by atoms with Crippen molar-refractivity contribution in [1.82, 2.24) is 16.0 Å². The topological polar surface area (TPSA) is 669 Å². The van der Waals surface area contributed by atoms with Gasteiger partial charge in [-0.2, -0.15) is 0 Å². The second kappa shape index (κ2) is 32.9. The van der Waals surface area contributed by atoms with Crippen molar-refractivity contribution in [2.75, 3.05) is 46.2 Å². The van der Waals surface area contributed by atoms with Gasteiger partial charge in [0.25, 0.3) is 5.79 Å². The smallest absolute Gasteiger partial charge is 0.364 e. The lowest BCUT2D eigenvalue weighted by Gasteiger charge is -2.51. The lowest BCUT2D eigenvalue weighted by Crippen LogP contribution is -2.71. The third-order valence-corrected chi connectivity index (χ3v) is 16.7. The number of carbonyl (C=O) groups excluding carboxylic acids is 3. The molecule has 3 amide bonds. The van der Waals surface area contributed by atoms with Crippen LogP contribution in [0, 0.1) is 0 Å². The van der Waals surface area contributed by atoms with E-state index in [4.69, 9.17) is 61.6 Å². The molecule has 36 atom stereocenters. The number of carbonyl (C=O) groups is 4. The number of carboxylic acid groups (broad SMARTS) is 1. The molecule has 7 aliphatic rings. The number of amides is 3. The van der Waals surface area contributed by atoms with Crippen molar-refractivity contribution in [2.24, 2.45) is 0 Å². The Morgan fingerprint density at radius 3 is 1.31 bits per heavy atom. The van der Waals surface area contributed by atoms with Crippen LogP contribution in [-0.4, -0.2) is 403 Å². The number of hydrogen-bond donors (Lipinski definition) is 25. The van der Waals surface area contributed by atoms with Gasteiger partial charge < -0.3 is 190 Å². The summed E-state index contributed by atoms with van der Waals surface area (Å²) >= 11 is 0. The molecule has 7 fully saturated rings. The summed E-state index contributed by atoms with van der Waals surface area (Å²) in [6.45, 7) is -4.57. The minimum atomic E-state index is -3.22. The minimum Gasteiger partial charge on any atom is -0.477 e. The number of nitrogens with one attached hydrogen (secondary N) is 3. The zero-order valence-electron chi connectivity index (χ0n) is 49.6. The van der Waals surface area contributed by atoms with Crippen molar-refractivity contribution in [3.8, 4) is 0 Å². The van der Waals surface area contributed by atoms with Crippen molar-refractivity contribution < 1.29 is 193 Å². The summed E-state index contributed by atoms with van der Waals surface area (Å²) in [6.07, 6.45) is -66.6. The van der Waals surface area contributed by atoms with Crippen LogP contribution in [-0.2, 0) is 80.8 Å². The first-order valence-corrected chi connectivity index (χ1v) is 29.2. The number of rotatable bonds is 25. The number of hydrogen-bond acceptors (Lipinski definition) is 38. The fourth-order valence-electron chi connectivity index (χ4n) is 11.8. The molecule has 42 heteroatoms. The number of aliphatic hydroxyl groups is 21. The quantitative estimate of drug-likeness (QED) is 0.0404. The molecule has 93 heavy (non-hydrogen) atoms. The molecule has 42 nitrogen and oxygen atoms in total. The lowest BCUT2D eigenvalue weighted by atomic mass is 9.88. The summed E-state index contributed by atoms with van der Waals surface area (Å²) in [5.74, 6) is -7.97. The van der Waals surface area contributed by atoms with E-state index in [1.54, 1.807) is 0 Å². The molecule has 0 saturated carbocycles. The largest absolute Gasteiger partial charge is 0.477 e. The fourth-order valence-corrected chi connectivity index (χ4v) is 11.8. The third-order valence-electron chi connectivity index (χ3n) is 16.7. The van der Waals surface area contributed by atoms with E-state index in [9.17, 15) is 132 Å². The van der Waals surface area contributed by atoms with Gasteiger partial charge in [-0.05, 0) is 0 Å². The molecular weight excluding hydrogens is 1280 g/mol. The van der Waals surface area contributed by atoms with Gasteiger partial charge in [-0.15, -0.1) is 0 Å². The number of carboxylic acids is 1. The summed E-state index contributed by atoms with van der Waals surface area (Å²) in [6, 6.07) is -5.38. The third kappa shape index (κ3) is 16.8. The van der Waals surface area contributed by atoms with Gasteiger partial charge in [0.1, 0.15) is 165 Å². The monoisotopic (exact) mass is 1360 g/mol. The summed E-state index contributed by atoms with van der Waals surface area (Å²) in [7, 11) is 0. The molecule has 0 radical (unpaired) electrons. The van der Waals surface area contributed by atoms with Crippen LogP contribution in [0.25, 0.3) is 0 Å². The van der Waals surface area contributed by atoms with E-state index in [1.165, 1.54) is 0 Å². The number of aliphatic hydroxyl groups excluding tert-OH is 21. The Kier molecular flexibility index (Phi) is 27.2. The van der Waals surface area contributed by atoms with Gasteiger partial charge in [0.05, 0.1) is 58.4 Å². The Bertz CT molecular complexity index is 2420. The standard InChI is InChI=1S/C51H85N3O39/c1-12(61)52-23-15(64)4-51(50(79)80,92-40(23)26(66)16(65)5-55)93-43-30(70)19(8-58)85-49(37(43)77)88-38-21(10-60)86-46(25(32(38)72)54-14(3)63)90-41-28(68)17(6-56)83-47(35(41)75)81-11-22-27(67)31(71)24(53-13(2)62)45(87-22)91-42-29(69)18(7-57)84-48(36(42)76)89-39-20(9-59)82-44(78)34(74)33(39)73/h15-49,55-60,64-78H,4-11H2,1-3H3,(H,52,61)(H,53,62)(H,54,63)(H,79,80)/t15-,16+,17+,18+,19+,20+,21+,22+,23+,24+,25+,26+,27+,28-,29-,30-,31+,32+,33+,34+,35+,36+,37+,38+,39+,40+,41-,42-,43-,44+,45-,46-,47+,48-,49-,51-/m0/s1. The van der Waals surface area contributed by atoms with Crippen LogP contribution in [0.1, 0.15) is 27.2 Å². The molecule has 0 aliphatic carbocycles. The molecule has 0 unspecified atom stereocenters. The SMILES string of the molecule is CC(=O)N[C@H]1[C@H](O[C@H]2[C@@H](O)[C@@H](CO)O[C@@H](OC[C@H]3O[C@@H](O[C@H]4[C@@H](O)[C@@H](CO)O[C@@H](O[C@H]5[C@H](O)[C@@H](O)[C@H](O)O[C@@H]5CO)[C@@H]4O)[C@H](NC(C)=O)[C@@H](O)[C@@H]3O)[C@@H]2O)O[C@H](CO)[C@@H](O[C@@H]2O[C@H](CO)[C@H](O)[C@H](O[C@]3(C(=O)O)C[C@H](O)[C@@H](NC(C)=O)[C@H]([C@H](O)[C@H](O)CO)O3)[C@H]2O)[C@@H]1O. The van der Waals surface area contributed by atoms with Crippen molar-refractivity contribution in [2.45, 2.75) is 248 Å². The van der Waals surface area contributed by atoms with Gasteiger partial charge in [-0.1, -0.05) is 0 Å². The predicted molar refractivity (Wildman–Crippen MR) is 284 cm³/mol. The van der Waals surface area contributed by atoms with E-state index in [0.29, 0.717) is 0 Å². The Morgan fingerprint density at radius 1 is 0.441 bits per heavy atom. The molecule has 7 aliphatic heterocycles. The molecule has 538 valence electrons. The molecule has 7 saturated heterocycles. The van der Waals surface area contributed by atoms with Crippen molar-refractivity contribution in [3.63, 3.8) is 0 Å². The first-order valence-electron chi connectivity index (χ1n) is 29.2. The molecular formula is C51H85N3O39. The lowest BCUT2D eigenvalue weighted by molar-refractivity contribution is -0.388. The fraction of sp³-hybridized carbons (Fsp3) is 0.922. The van der Waals surface area contributed by atoms with Gasteiger partial charge in [0.15, 0.2) is 37.7 Å². The zero-order chi connectivity index (χ0) is 69.0. The van der Waals surface area contributed by atoms with Crippen LogP contribution in [0.15, 0.2) is 0 Å². The van der Waals surface area contributed by atoms with E-state index < -0.39 is 297 Å². The highest BCUT2D eigenvalue weighted by Gasteiger charge is 2.62. The highest BCUT2D eigenvalue weighted by atomic mass is 16.8. The van der Waals surface area contributed by atoms with Crippen LogP contribution in [0.2, 0.25) is 0 Å². The zero-order valence-corrected chi connectivity index (χ0v) is 49.6.